The monoisotopic (exact) mass is 569 g/mol. The molecule has 206 valence electrons. The summed E-state index contributed by atoms with van der Waals surface area (Å²) in [6, 6.07) is 11.2. The highest BCUT2D eigenvalue weighted by Crippen LogP contribution is 2.40. The molecule has 1 fully saturated rings. The molecule has 10 heteroatoms. The van der Waals surface area contributed by atoms with Gasteiger partial charge in [0.25, 0.3) is 5.91 Å². The number of hydrogen-bond acceptors (Lipinski definition) is 5. The number of rotatable bonds is 7. The predicted octanol–water partition coefficient (Wildman–Crippen LogP) is 5.94. The standard InChI is InChI=1S/C29H33Cl2N5O3/c1-32-21-7-3-5-19(25(21)30)20-6-4-8-22(26(20)31)34-28(37)27-33-23-16-36(14-13-24(23)35(27)2)15-17-9-11-18(12-10-17)29(38)39/h3-8,17-18,32H,9-16H2,1-2H3,(H,34,37)(H,38,39)/t17-,18+. The van der Waals surface area contributed by atoms with Crippen LogP contribution in [-0.4, -0.2) is 51.6 Å². The number of carboxylic acid groups (broad SMARTS) is 1. The van der Waals surface area contributed by atoms with Crippen LogP contribution in [0, 0.1) is 11.8 Å². The maximum absolute atomic E-state index is 13.4. The van der Waals surface area contributed by atoms with E-state index in [1.165, 1.54) is 0 Å². The maximum Gasteiger partial charge on any atom is 0.306 e. The Balaban J connectivity index is 1.29. The molecular weight excluding hydrogens is 537 g/mol. The van der Waals surface area contributed by atoms with Crippen molar-refractivity contribution in [1.82, 2.24) is 14.5 Å². The number of hydrogen-bond donors (Lipinski definition) is 3. The van der Waals surface area contributed by atoms with Gasteiger partial charge < -0.3 is 20.3 Å². The summed E-state index contributed by atoms with van der Waals surface area (Å²) in [7, 11) is 3.69. The highest BCUT2D eigenvalue weighted by molar-refractivity contribution is 6.39. The van der Waals surface area contributed by atoms with Crippen molar-refractivity contribution in [2.75, 3.05) is 30.8 Å². The lowest BCUT2D eigenvalue weighted by Gasteiger charge is -2.33. The Labute approximate surface area is 238 Å². The number of carbonyl (C=O) groups is 2. The molecule has 2 heterocycles. The Kier molecular flexibility index (Phi) is 8.16. The van der Waals surface area contributed by atoms with Crippen molar-refractivity contribution in [2.45, 2.75) is 38.6 Å². The topological polar surface area (TPSA) is 99.5 Å². The van der Waals surface area contributed by atoms with E-state index in [2.05, 4.69) is 15.5 Å². The molecule has 0 bridgehead atoms. The van der Waals surface area contributed by atoms with E-state index in [4.69, 9.17) is 28.2 Å². The van der Waals surface area contributed by atoms with Crippen LogP contribution in [0.25, 0.3) is 11.1 Å². The molecule has 1 aliphatic carbocycles. The second-order valence-corrected chi connectivity index (χ2v) is 11.2. The zero-order valence-corrected chi connectivity index (χ0v) is 23.6. The second-order valence-electron chi connectivity index (χ2n) is 10.5. The number of aliphatic carboxylic acids is 1. The van der Waals surface area contributed by atoms with E-state index in [1.807, 2.05) is 41.9 Å². The SMILES string of the molecule is CNc1cccc(-c2cccc(NC(=O)c3nc4c(n3C)CCN(C[C@H]3CC[C@@H](C(=O)O)CC3)C4)c2Cl)c1Cl. The van der Waals surface area contributed by atoms with Crippen molar-refractivity contribution >= 4 is 46.5 Å². The minimum atomic E-state index is -0.671. The van der Waals surface area contributed by atoms with Crippen molar-refractivity contribution < 1.29 is 14.7 Å². The highest BCUT2D eigenvalue weighted by Gasteiger charge is 2.30. The molecule has 2 aliphatic rings. The molecule has 5 rings (SSSR count). The fourth-order valence-corrected chi connectivity index (χ4v) is 6.44. The van der Waals surface area contributed by atoms with Crippen LogP contribution in [0.15, 0.2) is 36.4 Å². The van der Waals surface area contributed by atoms with Gasteiger partial charge in [-0.3, -0.25) is 14.5 Å². The lowest BCUT2D eigenvalue weighted by atomic mass is 9.81. The van der Waals surface area contributed by atoms with Crippen molar-refractivity contribution in [3.63, 3.8) is 0 Å². The Morgan fingerprint density at radius 3 is 2.31 bits per heavy atom. The van der Waals surface area contributed by atoms with E-state index in [-0.39, 0.29) is 11.8 Å². The van der Waals surface area contributed by atoms with E-state index in [0.29, 0.717) is 34.0 Å². The van der Waals surface area contributed by atoms with Crippen LogP contribution in [0.3, 0.4) is 0 Å². The number of nitrogens with one attached hydrogen (secondary N) is 2. The molecule has 39 heavy (non-hydrogen) atoms. The summed E-state index contributed by atoms with van der Waals surface area (Å²) >= 11 is 13.4. The van der Waals surface area contributed by atoms with Crippen molar-refractivity contribution in [3.05, 3.63) is 63.7 Å². The quantitative estimate of drug-likeness (QED) is 0.325. The summed E-state index contributed by atoms with van der Waals surface area (Å²) in [4.78, 5) is 31.7. The van der Waals surface area contributed by atoms with Crippen LogP contribution in [0.5, 0.6) is 0 Å². The molecular formula is C29H33Cl2N5O3. The first-order chi connectivity index (χ1) is 18.8. The van der Waals surface area contributed by atoms with Gasteiger partial charge in [0.05, 0.1) is 33.0 Å². The number of anilines is 2. The summed E-state index contributed by atoms with van der Waals surface area (Å²) in [6.45, 7) is 2.52. The summed E-state index contributed by atoms with van der Waals surface area (Å²) in [6.07, 6.45) is 4.21. The van der Waals surface area contributed by atoms with E-state index in [9.17, 15) is 14.7 Å². The van der Waals surface area contributed by atoms with Gasteiger partial charge in [-0.25, -0.2) is 4.98 Å². The zero-order chi connectivity index (χ0) is 27.7. The molecule has 1 amide bonds. The first kappa shape index (κ1) is 27.5. The first-order valence-corrected chi connectivity index (χ1v) is 14.1. The lowest BCUT2D eigenvalue weighted by Crippen LogP contribution is -2.36. The highest BCUT2D eigenvalue weighted by atomic mass is 35.5. The first-order valence-electron chi connectivity index (χ1n) is 13.3. The number of aromatic nitrogens is 2. The second kappa shape index (κ2) is 11.6. The molecule has 0 spiro atoms. The number of carbonyl (C=O) groups excluding carboxylic acids is 1. The minimum absolute atomic E-state index is 0.198. The number of carboxylic acids is 1. The maximum atomic E-state index is 13.4. The van der Waals surface area contributed by atoms with Crippen LogP contribution in [-0.2, 0) is 24.8 Å². The average Bonchev–Trinajstić information content (AvgIpc) is 3.26. The third-order valence-corrected chi connectivity index (χ3v) is 8.87. The van der Waals surface area contributed by atoms with Gasteiger partial charge >= 0.3 is 5.97 Å². The van der Waals surface area contributed by atoms with Crippen molar-refractivity contribution in [3.8, 4) is 11.1 Å². The molecule has 1 aliphatic heterocycles. The molecule has 8 nitrogen and oxygen atoms in total. The number of fused-ring (bicyclic) bond motifs is 1. The Morgan fingerprint density at radius 1 is 1.03 bits per heavy atom. The zero-order valence-electron chi connectivity index (χ0n) is 22.1. The van der Waals surface area contributed by atoms with Gasteiger partial charge in [0, 0.05) is 57.0 Å². The van der Waals surface area contributed by atoms with Gasteiger partial charge in [-0.1, -0.05) is 47.5 Å². The van der Waals surface area contributed by atoms with Crippen LogP contribution in [0.4, 0.5) is 11.4 Å². The smallest absolute Gasteiger partial charge is 0.306 e. The molecule has 0 atom stereocenters. The molecule has 3 N–H and O–H groups in total. The summed E-state index contributed by atoms with van der Waals surface area (Å²) in [5, 5.41) is 16.3. The summed E-state index contributed by atoms with van der Waals surface area (Å²) in [5.41, 5.74) is 4.77. The van der Waals surface area contributed by atoms with Crippen molar-refractivity contribution in [1.29, 1.82) is 0 Å². The number of nitrogens with zero attached hydrogens (tertiary/aromatic N) is 3. The largest absolute Gasteiger partial charge is 0.481 e. The van der Waals surface area contributed by atoms with Gasteiger partial charge in [-0.15, -0.1) is 0 Å². The molecule has 1 aromatic heterocycles. The summed E-state index contributed by atoms with van der Waals surface area (Å²) in [5.74, 6) is -0.337. The third-order valence-electron chi connectivity index (χ3n) is 8.06. The lowest BCUT2D eigenvalue weighted by molar-refractivity contribution is -0.143. The molecule has 1 saturated carbocycles. The normalized spacial score (nSPS) is 19.4. The molecule has 0 unspecified atom stereocenters. The molecule has 0 radical (unpaired) electrons. The average molecular weight is 571 g/mol. The van der Waals surface area contributed by atoms with Gasteiger partial charge in [0.2, 0.25) is 0 Å². The number of halogens is 2. The van der Waals surface area contributed by atoms with E-state index >= 15 is 0 Å². The summed E-state index contributed by atoms with van der Waals surface area (Å²) < 4.78 is 1.88. The fourth-order valence-electron chi connectivity index (χ4n) is 5.85. The Hall–Kier alpha value is -3.07. The fraction of sp³-hybridized carbons (Fsp3) is 0.414. The van der Waals surface area contributed by atoms with E-state index in [1.54, 1.807) is 13.1 Å². The van der Waals surface area contributed by atoms with Crippen LogP contribution in [0.2, 0.25) is 10.0 Å². The van der Waals surface area contributed by atoms with E-state index in [0.717, 1.165) is 73.4 Å². The predicted molar refractivity (Wildman–Crippen MR) is 155 cm³/mol. The van der Waals surface area contributed by atoms with Gasteiger partial charge in [0.15, 0.2) is 5.82 Å². The molecule has 0 saturated heterocycles. The number of imidazole rings is 1. The minimum Gasteiger partial charge on any atom is -0.481 e. The number of amides is 1. The van der Waals surface area contributed by atoms with Gasteiger partial charge in [-0.05, 0) is 43.7 Å². The number of benzene rings is 2. The molecule has 2 aromatic carbocycles. The van der Waals surface area contributed by atoms with Gasteiger partial charge in [-0.2, -0.15) is 0 Å². The van der Waals surface area contributed by atoms with Crippen molar-refractivity contribution in [2.24, 2.45) is 18.9 Å². The van der Waals surface area contributed by atoms with Crippen LogP contribution >= 0.6 is 23.2 Å². The van der Waals surface area contributed by atoms with Crippen LogP contribution in [0.1, 0.15) is 47.7 Å². The van der Waals surface area contributed by atoms with Crippen LogP contribution < -0.4 is 10.6 Å². The van der Waals surface area contributed by atoms with E-state index < -0.39 is 5.97 Å². The Bertz CT molecular complexity index is 1400. The van der Waals surface area contributed by atoms with Gasteiger partial charge in [0.1, 0.15) is 0 Å². The molecule has 3 aromatic rings. The third kappa shape index (κ3) is 5.64. The Morgan fingerprint density at radius 2 is 1.67 bits per heavy atom.